The molecule has 0 spiro atoms. The quantitative estimate of drug-likeness (QED) is 0.833. The number of ether oxygens (including phenoxy) is 3. The van der Waals surface area contributed by atoms with Crippen molar-refractivity contribution in [1.82, 2.24) is 15.3 Å². The Morgan fingerprint density at radius 1 is 1.22 bits per heavy atom. The van der Waals surface area contributed by atoms with Gasteiger partial charge in [0, 0.05) is 31.2 Å². The monoisotopic (exact) mass is 375 g/mol. The summed E-state index contributed by atoms with van der Waals surface area (Å²) in [4.78, 5) is 20.7. The average molecular weight is 375 g/mol. The van der Waals surface area contributed by atoms with Gasteiger partial charge in [-0.05, 0) is 24.5 Å². The molecule has 7 nitrogen and oxygen atoms in total. The minimum Gasteiger partial charge on any atom is -0.481 e. The van der Waals surface area contributed by atoms with E-state index in [9.17, 15) is 9.18 Å². The molecule has 1 N–H and O–H groups in total. The highest BCUT2D eigenvalue weighted by molar-refractivity contribution is 5.92. The predicted octanol–water partition coefficient (Wildman–Crippen LogP) is 2.11. The molecule has 3 rings (SSSR count). The third kappa shape index (κ3) is 4.16. The molecular formula is C19H22FN3O4. The fourth-order valence-corrected chi connectivity index (χ4v) is 3.25. The van der Waals surface area contributed by atoms with Crippen molar-refractivity contribution < 1.29 is 23.4 Å². The number of nitrogens with zero attached hydrogens (tertiary/aromatic N) is 2. The maximum Gasteiger partial charge on any atom is 0.320 e. The van der Waals surface area contributed by atoms with Crippen molar-refractivity contribution in [3.05, 3.63) is 47.4 Å². The van der Waals surface area contributed by atoms with E-state index in [2.05, 4.69) is 15.3 Å². The van der Waals surface area contributed by atoms with Gasteiger partial charge in [-0.15, -0.1) is 0 Å². The zero-order valence-corrected chi connectivity index (χ0v) is 15.3. The molecule has 0 saturated carbocycles. The van der Waals surface area contributed by atoms with E-state index in [4.69, 9.17) is 14.2 Å². The summed E-state index contributed by atoms with van der Waals surface area (Å²) in [5, 5.41) is 2.88. The highest BCUT2D eigenvalue weighted by atomic mass is 19.1. The van der Waals surface area contributed by atoms with Gasteiger partial charge in [-0.1, -0.05) is 18.2 Å². The molecule has 1 aromatic carbocycles. The Kier molecular flexibility index (Phi) is 5.85. The van der Waals surface area contributed by atoms with Crippen LogP contribution in [0.15, 0.2) is 30.3 Å². The number of hydrogen-bond acceptors (Lipinski definition) is 6. The van der Waals surface area contributed by atoms with Crippen LogP contribution in [-0.2, 0) is 10.2 Å². The summed E-state index contributed by atoms with van der Waals surface area (Å²) in [6, 6.07) is 8.13. The lowest BCUT2D eigenvalue weighted by molar-refractivity contribution is 0.0475. The summed E-state index contributed by atoms with van der Waals surface area (Å²) in [6.45, 7) is 1.30. The molecule has 27 heavy (non-hydrogen) atoms. The first-order valence-electron chi connectivity index (χ1n) is 8.66. The minimum absolute atomic E-state index is 0.0365. The van der Waals surface area contributed by atoms with E-state index in [1.165, 1.54) is 26.4 Å². The number of benzene rings is 1. The van der Waals surface area contributed by atoms with Crippen molar-refractivity contribution >= 4 is 5.91 Å². The van der Waals surface area contributed by atoms with Gasteiger partial charge in [0.05, 0.1) is 14.2 Å². The third-order valence-electron chi connectivity index (χ3n) is 4.79. The summed E-state index contributed by atoms with van der Waals surface area (Å²) in [5.74, 6) is -0.461. The standard InChI is InChI=1S/C19H22FN3O4/c1-25-16-11-15(22-18(23-16)26-2)17(24)21-12-19(7-9-27-10-8-19)13-5-3-4-6-14(13)20/h3-6,11H,7-10,12H2,1-2H3,(H,21,24). The van der Waals surface area contributed by atoms with Crippen molar-refractivity contribution in [2.75, 3.05) is 34.0 Å². The van der Waals surface area contributed by atoms with Crippen molar-refractivity contribution in [1.29, 1.82) is 0 Å². The van der Waals surface area contributed by atoms with Crippen LogP contribution in [0.4, 0.5) is 4.39 Å². The van der Waals surface area contributed by atoms with Crippen LogP contribution in [0.3, 0.4) is 0 Å². The fourth-order valence-electron chi connectivity index (χ4n) is 3.25. The Bertz CT molecular complexity index is 787. The molecule has 1 aliphatic heterocycles. The second-order valence-electron chi connectivity index (χ2n) is 6.34. The molecular weight excluding hydrogens is 353 g/mol. The van der Waals surface area contributed by atoms with Gasteiger partial charge >= 0.3 is 6.01 Å². The van der Waals surface area contributed by atoms with Gasteiger partial charge in [-0.3, -0.25) is 4.79 Å². The van der Waals surface area contributed by atoms with E-state index in [0.717, 1.165) is 0 Å². The number of carbonyl (C=O) groups is 1. The Morgan fingerprint density at radius 3 is 2.63 bits per heavy atom. The number of hydrogen-bond donors (Lipinski definition) is 1. The molecule has 1 aromatic heterocycles. The van der Waals surface area contributed by atoms with Crippen LogP contribution in [0, 0.1) is 5.82 Å². The van der Waals surface area contributed by atoms with Gasteiger partial charge < -0.3 is 19.5 Å². The molecule has 1 fully saturated rings. The first-order chi connectivity index (χ1) is 13.1. The van der Waals surface area contributed by atoms with E-state index in [-0.39, 0.29) is 29.9 Å². The normalized spacial score (nSPS) is 15.8. The SMILES string of the molecule is COc1cc(C(=O)NCC2(c3ccccc3F)CCOCC2)nc(OC)n1. The van der Waals surface area contributed by atoms with Crippen molar-refractivity contribution in [2.24, 2.45) is 0 Å². The average Bonchev–Trinajstić information content (AvgIpc) is 2.72. The molecule has 1 amide bonds. The topological polar surface area (TPSA) is 82.6 Å². The number of aromatic nitrogens is 2. The van der Waals surface area contributed by atoms with E-state index in [1.54, 1.807) is 18.2 Å². The summed E-state index contributed by atoms with van der Waals surface area (Å²) >= 11 is 0. The van der Waals surface area contributed by atoms with Gasteiger partial charge in [0.1, 0.15) is 11.5 Å². The number of methoxy groups -OCH3 is 2. The molecule has 0 unspecified atom stereocenters. The maximum atomic E-state index is 14.5. The van der Waals surface area contributed by atoms with Crippen LogP contribution >= 0.6 is 0 Å². The van der Waals surface area contributed by atoms with Crippen LogP contribution in [0.25, 0.3) is 0 Å². The van der Waals surface area contributed by atoms with Crippen molar-refractivity contribution in [3.8, 4) is 11.9 Å². The molecule has 2 heterocycles. The smallest absolute Gasteiger partial charge is 0.320 e. The zero-order valence-electron chi connectivity index (χ0n) is 15.3. The van der Waals surface area contributed by atoms with Crippen LogP contribution in [0.1, 0.15) is 28.9 Å². The van der Waals surface area contributed by atoms with Crippen molar-refractivity contribution in [2.45, 2.75) is 18.3 Å². The summed E-state index contributed by atoms with van der Waals surface area (Å²) in [6.07, 6.45) is 1.23. The Balaban J connectivity index is 1.82. The van der Waals surface area contributed by atoms with Gasteiger partial charge in [-0.25, -0.2) is 4.39 Å². The van der Waals surface area contributed by atoms with E-state index >= 15 is 0 Å². The fraction of sp³-hybridized carbons (Fsp3) is 0.421. The second-order valence-corrected chi connectivity index (χ2v) is 6.34. The predicted molar refractivity (Wildman–Crippen MR) is 95.6 cm³/mol. The Labute approximate surface area is 156 Å². The molecule has 2 aromatic rings. The van der Waals surface area contributed by atoms with Gasteiger partial charge in [0.25, 0.3) is 5.91 Å². The number of nitrogens with one attached hydrogen (secondary N) is 1. The molecule has 1 saturated heterocycles. The van der Waals surface area contributed by atoms with E-state index < -0.39 is 11.3 Å². The first kappa shape index (κ1) is 19.0. The number of amides is 1. The molecule has 0 aliphatic carbocycles. The van der Waals surface area contributed by atoms with E-state index in [0.29, 0.717) is 31.6 Å². The molecule has 0 bridgehead atoms. The second kappa shape index (κ2) is 8.30. The summed E-state index contributed by atoms with van der Waals surface area (Å²) < 4.78 is 30.0. The van der Waals surface area contributed by atoms with Crippen LogP contribution in [-0.4, -0.2) is 49.9 Å². The number of carbonyl (C=O) groups excluding carboxylic acids is 1. The van der Waals surface area contributed by atoms with Crippen LogP contribution in [0.5, 0.6) is 11.9 Å². The number of rotatable bonds is 6. The zero-order chi connectivity index (χ0) is 19.3. The Hall–Kier alpha value is -2.74. The highest BCUT2D eigenvalue weighted by Crippen LogP contribution is 2.35. The lowest BCUT2D eigenvalue weighted by Crippen LogP contribution is -2.45. The molecule has 8 heteroatoms. The van der Waals surface area contributed by atoms with Gasteiger partial charge in [0.15, 0.2) is 0 Å². The van der Waals surface area contributed by atoms with Crippen LogP contribution < -0.4 is 14.8 Å². The van der Waals surface area contributed by atoms with Gasteiger partial charge in [0.2, 0.25) is 5.88 Å². The minimum atomic E-state index is -0.527. The number of halogens is 1. The van der Waals surface area contributed by atoms with Gasteiger partial charge in [-0.2, -0.15) is 9.97 Å². The van der Waals surface area contributed by atoms with E-state index in [1.807, 2.05) is 0 Å². The third-order valence-corrected chi connectivity index (χ3v) is 4.79. The van der Waals surface area contributed by atoms with Crippen molar-refractivity contribution in [3.63, 3.8) is 0 Å². The largest absolute Gasteiger partial charge is 0.481 e. The molecule has 144 valence electrons. The lowest BCUT2D eigenvalue weighted by Gasteiger charge is -2.38. The first-order valence-corrected chi connectivity index (χ1v) is 8.66. The Morgan fingerprint density at radius 2 is 1.96 bits per heavy atom. The highest BCUT2D eigenvalue weighted by Gasteiger charge is 2.37. The summed E-state index contributed by atoms with van der Waals surface area (Å²) in [5.41, 5.74) is 0.182. The molecule has 1 aliphatic rings. The maximum absolute atomic E-state index is 14.5. The molecule has 0 radical (unpaired) electrons. The lowest BCUT2D eigenvalue weighted by atomic mass is 9.74. The van der Waals surface area contributed by atoms with Crippen LogP contribution in [0.2, 0.25) is 0 Å². The molecule has 0 atom stereocenters. The summed E-state index contributed by atoms with van der Waals surface area (Å²) in [7, 11) is 2.85.